The molecule has 1 aliphatic rings. The molecule has 1 aromatic heterocycles. The standard InChI is InChI=1S/C21H28N4O3/c1-21(2,3)28-20(27)25-12-11-17-16(14-25)18(22-24(17)5)19(26)23(4)13-15-9-7-6-8-10-15/h6-10H,11-14H2,1-5H3. The monoisotopic (exact) mass is 384 g/mol. The maximum absolute atomic E-state index is 13.1. The van der Waals surface area contributed by atoms with Gasteiger partial charge in [-0.05, 0) is 26.3 Å². The highest BCUT2D eigenvalue weighted by atomic mass is 16.6. The zero-order chi connectivity index (χ0) is 20.5. The van der Waals surface area contributed by atoms with Crippen LogP contribution in [0, 0.1) is 0 Å². The van der Waals surface area contributed by atoms with Crippen molar-refractivity contribution in [3.8, 4) is 0 Å². The van der Waals surface area contributed by atoms with Crippen LogP contribution in [-0.4, -0.2) is 50.8 Å². The molecule has 0 spiro atoms. The Bertz CT molecular complexity index is 868. The van der Waals surface area contributed by atoms with Crippen LogP contribution in [0.25, 0.3) is 0 Å². The van der Waals surface area contributed by atoms with Gasteiger partial charge in [0.15, 0.2) is 5.69 Å². The summed E-state index contributed by atoms with van der Waals surface area (Å²) in [5.41, 5.74) is 2.71. The third kappa shape index (κ3) is 4.35. The third-order valence-electron chi connectivity index (χ3n) is 4.71. The summed E-state index contributed by atoms with van der Waals surface area (Å²) in [6.45, 7) is 6.92. The number of fused-ring (bicyclic) bond motifs is 1. The molecule has 0 saturated carbocycles. The zero-order valence-electron chi connectivity index (χ0n) is 17.2. The van der Waals surface area contributed by atoms with E-state index in [-0.39, 0.29) is 12.0 Å². The smallest absolute Gasteiger partial charge is 0.410 e. The van der Waals surface area contributed by atoms with Gasteiger partial charge >= 0.3 is 6.09 Å². The number of hydrogen-bond donors (Lipinski definition) is 0. The minimum Gasteiger partial charge on any atom is -0.444 e. The normalized spacial score (nSPS) is 13.8. The lowest BCUT2D eigenvalue weighted by molar-refractivity contribution is 0.0221. The molecule has 3 rings (SSSR count). The number of aryl methyl sites for hydroxylation is 1. The molecular weight excluding hydrogens is 356 g/mol. The minimum absolute atomic E-state index is 0.147. The summed E-state index contributed by atoms with van der Waals surface area (Å²) in [6.07, 6.45) is 0.284. The van der Waals surface area contributed by atoms with Crippen molar-refractivity contribution in [1.82, 2.24) is 19.6 Å². The molecule has 0 aliphatic carbocycles. The number of hydrogen-bond acceptors (Lipinski definition) is 4. The van der Waals surface area contributed by atoms with Crippen LogP contribution < -0.4 is 0 Å². The van der Waals surface area contributed by atoms with Gasteiger partial charge in [-0.25, -0.2) is 4.79 Å². The largest absolute Gasteiger partial charge is 0.444 e. The fourth-order valence-corrected chi connectivity index (χ4v) is 3.36. The number of benzene rings is 1. The van der Waals surface area contributed by atoms with Crippen LogP contribution in [0.1, 0.15) is 48.1 Å². The number of carbonyl (C=O) groups is 2. The van der Waals surface area contributed by atoms with E-state index in [1.54, 1.807) is 21.5 Å². The van der Waals surface area contributed by atoms with Crippen LogP contribution in [0.3, 0.4) is 0 Å². The molecule has 0 N–H and O–H groups in total. The average Bonchev–Trinajstić information content (AvgIpc) is 2.96. The summed E-state index contributed by atoms with van der Waals surface area (Å²) in [5, 5.41) is 4.47. The first-order valence-electron chi connectivity index (χ1n) is 9.48. The molecule has 7 nitrogen and oxygen atoms in total. The quantitative estimate of drug-likeness (QED) is 0.816. The van der Waals surface area contributed by atoms with E-state index in [1.165, 1.54) is 0 Å². The van der Waals surface area contributed by atoms with Crippen molar-refractivity contribution >= 4 is 12.0 Å². The molecule has 28 heavy (non-hydrogen) atoms. The first-order chi connectivity index (χ1) is 13.2. The van der Waals surface area contributed by atoms with E-state index in [2.05, 4.69) is 5.10 Å². The van der Waals surface area contributed by atoms with E-state index in [1.807, 2.05) is 58.2 Å². The highest BCUT2D eigenvalue weighted by molar-refractivity contribution is 5.94. The highest BCUT2D eigenvalue weighted by Gasteiger charge is 2.32. The number of ether oxygens (including phenoxy) is 1. The van der Waals surface area contributed by atoms with Crippen molar-refractivity contribution in [3.05, 3.63) is 52.8 Å². The Balaban J connectivity index is 1.79. The van der Waals surface area contributed by atoms with Crippen molar-refractivity contribution in [2.45, 2.75) is 45.9 Å². The molecule has 0 unspecified atom stereocenters. The third-order valence-corrected chi connectivity index (χ3v) is 4.71. The molecule has 1 aliphatic heterocycles. The van der Waals surface area contributed by atoms with Gasteiger partial charge in [0.25, 0.3) is 5.91 Å². The van der Waals surface area contributed by atoms with E-state index in [0.29, 0.717) is 31.7 Å². The fraction of sp³-hybridized carbons (Fsp3) is 0.476. The second-order valence-electron chi connectivity index (χ2n) is 8.20. The molecule has 2 heterocycles. The lowest BCUT2D eigenvalue weighted by atomic mass is 10.0. The maximum atomic E-state index is 13.1. The number of nitrogens with zero attached hydrogens (tertiary/aromatic N) is 4. The van der Waals surface area contributed by atoms with Crippen molar-refractivity contribution in [2.75, 3.05) is 13.6 Å². The summed E-state index contributed by atoms with van der Waals surface area (Å²) < 4.78 is 7.25. The van der Waals surface area contributed by atoms with Gasteiger partial charge in [0.2, 0.25) is 0 Å². The first kappa shape index (κ1) is 19.9. The number of rotatable bonds is 3. The zero-order valence-corrected chi connectivity index (χ0v) is 17.2. The van der Waals surface area contributed by atoms with Gasteiger partial charge in [-0.15, -0.1) is 0 Å². The Labute approximate surface area is 165 Å². The Morgan fingerprint density at radius 1 is 1.21 bits per heavy atom. The van der Waals surface area contributed by atoms with Crippen molar-refractivity contribution in [1.29, 1.82) is 0 Å². The van der Waals surface area contributed by atoms with Gasteiger partial charge in [-0.2, -0.15) is 5.10 Å². The van der Waals surface area contributed by atoms with E-state index in [9.17, 15) is 9.59 Å². The van der Waals surface area contributed by atoms with Crippen LogP contribution in [0.4, 0.5) is 4.79 Å². The van der Waals surface area contributed by atoms with Gasteiger partial charge in [-0.1, -0.05) is 30.3 Å². The Kier molecular flexibility index (Phi) is 5.45. The number of amides is 2. The van der Waals surface area contributed by atoms with Crippen LogP contribution in [0.2, 0.25) is 0 Å². The molecule has 0 radical (unpaired) electrons. The van der Waals surface area contributed by atoms with Crippen LogP contribution in [-0.2, 0) is 31.3 Å². The van der Waals surface area contributed by atoms with Gasteiger partial charge in [-0.3, -0.25) is 9.48 Å². The van der Waals surface area contributed by atoms with Gasteiger partial charge in [0.05, 0.1) is 6.54 Å². The summed E-state index contributed by atoms with van der Waals surface area (Å²) in [7, 11) is 3.61. The van der Waals surface area contributed by atoms with E-state index < -0.39 is 5.60 Å². The Hall–Kier alpha value is -2.83. The summed E-state index contributed by atoms with van der Waals surface area (Å²) >= 11 is 0. The lowest BCUT2D eigenvalue weighted by Crippen LogP contribution is -2.40. The summed E-state index contributed by atoms with van der Waals surface area (Å²) in [4.78, 5) is 28.8. The minimum atomic E-state index is -0.555. The maximum Gasteiger partial charge on any atom is 0.410 e. The molecule has 0 bridgehead atoms. The van der Waals surface area contributed by atoms with Crippen LogP contribution in [0.5, 0.6) is 0 Å². The highest BCUT2D eigenvalue weighted by Crippen LogP contribution is 2.25. The summed E-state index contributed by atoms with van der Waals surface area (Å²) in [6, 6.07) is 9.83. The molecule has 2 aromatic rings. The fourth-order valence-electron chi connectivity index (χ4n) is 3.36. The Morgan fingerprint density at radius 3 is 2.54 bits per heavy atom. The van der Waals surface area contributed by atoms with Crippen molar-refractivity contribution in [3.63, 3.8) is 0 Å². The van der Waals surface area contributed by atoms with Crippen LogP contribution >= 0.6 is 0 Å². The molecule has 0 fully saturated rings. The average molecular weight is 384 g/mol. The first-order valence-corrected chi connectivity index (χ1v) is 9.48. The van der Waals surface area contributed by atoms with E-state index in [4.69, 9.17) is 4.74 Å². The lowest BCUT2D eigenvalue weighted by Gasteiger charge is -2.30. The topological polar surface area (TPSA) is 67.7 Å². The van der Waals surface area contributed by atoms with Gasteiger partial charge in [0, 0.05) is 44.9 Å². The second-order valence-corrected chi connectivity index (χ2v) is 8.20. The summed E-state index contributed by atoms with van der Waals surface area (Å²) in [5.74, 6) is -0.147. The van der Waals surface area contributed by atoms with Crippen molar-refractivity contribution in [2.24, 2.45) is 7.05 Å². The van der Waals surface area contributed by atoms with Gasteiger partial charge in [0.1, 0.15) is 5.60 Å². The Morgan fingerprint density at radius 2 is 1.89 bits per heavy atom. The molecule has 2 amide bonds. The van der Waals surface area contributed by atoms with Crippen molar-refractivity contribution < 1.29 is 14.3 Å². The molecule has 0 atom stereocenters. The number of carbonyl (C=O) groups excluding carboxylic acids is 2. The second kappa shape index (κ2) is 7.66. The molecule has 150 valence electrons. The SMILES string of the molecule is CN(Cc1ccccc1)C(=O)c1nn(C)c2c1CN(C(=O)OC(C)(C)C)CC2. The molecule has 1 aromatic carbocycles. The van der Waals surface area contributed by atoms with Crippen LogP contribution in [0.15, 0.2) is 30.3 Å². The predicted molar refractivity (Wildman–Crippen MR) is 106 cm³/mol. The number of aromatic nitrogens is 2. The molecular formula is C21H28N4O3. The predicted octanol–water partition coefficient (Wildman–Crippen LogP) is 2.99. The van der Waals surface area contributed by atoms with Gasteiger partial charge < -0.3 is 14.5 Å². The molecule has 0 saturated heterocycles. The van der Waals surface area contributed by atoms with E-state index >= 15 is 0 Å². The van der Waals surface area contributed by atoms with E-state index in [0.717, 1.165) is 16.8 Å². The molecule has 7 heteroatoms.